The highest BCUT2D eigenvalue weighted by molar-refractivity contribution is 7.99. The number of amides is 3. The van der Waals surface area contributed by atoms with Gasteiger partial charge in [-0.15, -0.1) is 6.58 Å². The largest absolute Gasteiger partial charge is 0.497 e. The number of methoxy groups -OCH3 is 1. The Kier molecular flexibility index (Phi) is 7.45. The van der Waals surface area contributed by atoms with Crippen LogP contribution in [0.1, 0.15) is 5.56 Å². The molecule has 31 heavy (non-hydrogen) atoms. The minimum Gasteiger partial charge on any atom is -0.497 e. The van der Waals surface area contributed by atoms with E-state index in [2.05, 4.69) is 22.2 Å². The van der Waals surface area contributed by atoms with Crippen LogP contribution in [0.2, 0.25) is 0 Å². The van der Waals surface area contributed by atoms with Gasteiger partial charge >= 0.3 is 6.03 Å². The zero-order valence-corrected chi connectivity index (χ0v) is 17.8. The number of ether oxygens (including phenoxy) is 1. The van der Waals surface area contributed by atoms with Crippen molar-refractivity contribution in [2.45, 2.75) is 11.7 Å². The monoisotopic (exact) mass is 438 g/mol. The fourth-order valence-corrected chi connectivity index (χ4v) is 3.61. The van der Waals surface area contributed by atoms with Gasteiger partial charge in [0.25, 0.3) is 5.56 Å². The Labute approximate surface area is 183 Å². The van der Waals surface area contributed by atoms with Crippen LogP contribution in [0.3, 0.4) is 0 Å². The van der Waals surface area contributed by atoms with Crippen LogP contribution in [-0.2, 0) is 11.3 Å². The molecule has 0 aliphatic carbocycles. The van der Waals surface area contributed by atoms with E-state index in [0.29, 0.717) is 21.8 Å². The van der Waals surface area contributed by atoms with E-state index >= 15 is 0 Å². The molecule has 3 aromatic rings. The van der Waals surface area contributed by atoms with Crippen LogP contribution in [0.4, 0.5) is 4.79 Å². The third-order valence-electron chi connectivity index (χ3n) is 4.32. The predicted molar refractivity (Wildman–Crippen MR) is 121 cm³/mol. The molecule has 8 nitrogen and oxygen atoms in total. The molecule has 2 aromatic carbocycles. The topological polar surface area (TPSA) is 102 Å². The lowest BCUT2D eigenvalue weighted by Gasteiger charge is -2.13. The van der Waals surface area contributed by atoms with E-state index in [0.717, 1.165) is 17.3 Å². The maximum Gasteiger partial charge on any atom is 0.321 e. The second-order valence-corrected chi connectivity index (χ2v) is 7.43. The fraction of sp³-hybridized carbons (Fsp3) is 0.182. The summed E-state index contributed by atoms with van der Waals surface area (Å²) in [7, 11) is 1.59. The van der Waals surface area contributed by atoms with Crippen LogP contribution in [0, 0.1) is 0 Å². The first-order valence-electron chi connectivity index (χ1n) is 9.45. The van der Waals surface area contributed by atoms with Crippen LogP contribution in [0.15, 0.2) is 71.1 Å². The van der Waals surface area contributed by atoms with E-state index in [1.54, 1.807) is 31.4 Å². The maximum atomic E-state index is 13.1. The van der Waals surface area contributed by atoms with E-state index < -0.39 is 11.9 Å². The molecule has 2 N–H and O–H groups in total. The number of nitrogens with zero attached hydrogens (tertiary/aromatic N) is 2. The van der Waals surface area contributed by atoms with Gasteiger partial charge in [-0.3, -0.25) is 19.5 Å². The minimum atomic E-state index is -0.604. The number of aromatic nitrogens is 2. The summed E-state index contributed by atoms with van der Waals surface area (Å²) in [6, 6.07) is 13.8. The molecule has 0 aliphatic heterocycles. The number of rotatable bonds is 8. The summed E-state index contributed by atoms with van der Waals surface area (Å²) >= 11 is 1.09. The molecule has 3 amide bonds. The molecule has 0 spiro atoms. The van der Waals surface area contributed by atoms with Crippen LogP contribution < -0.4 is 20.9 Å². The molecule has 160 valence electrons. The summed E-state index contributed by atoms with van der Waals surface area (Å²) < 4.78 is 6.71. The lowest BCUT2D eigenvalue weighted by atomic mass is 10.2. The summed E-state index contributed by atoms with van der Waals surface area (Å²) in [4.78, 5) is 41.5. The number of nitrogens with one attached hydrogen (secondary N) is 2. The van der Waals surface area contributed by atoms with Crippen LogP contribution in [0.25, 0.3) is 10.9 Å². The Hall–Kier alpha value is -3.59. The molecule has 0 saturated heterocycles. The number of fused-ring (bicyclic) bond motifs is 1. The third-order valence-corrected chi connectivity index (χ3v) is 5.30. The van der Waals surface area contributed by atoms with Gasteiger partial charge in [0.05, 0.1) is 30.3 Å². The second-order valence-electron chi connectivity index (χ2n) is 6.49. The molecule has 0 bridgehead atoms. The Morgan fingerprint density at radius 1 is 1.19 bits per heavy atom. The lowest BCUT2D eigenvalue weighted by Crippen LogP contribution is -2.40. The molecule has 0 aliphatic rings. The van der Waals surface area contributed by atoms with Gasteiger partial charge in [-0.2, -0.15) is 0 Å². The summed E-state index contributed by atoms with van der Waals surface area (Å²) in [5, 5.41) is 5.58. The molecular formula is C22H22N4O4S. The Morgan fingerprint density at radius 2 is 1.94 bits per heavy atom. The number of hydrogen-bond donors (Lipinski definition) is 2. The molecule has 0 fully saturated rings. The van der Waals surface area contributed by atoms with Crippen LogP contribution in [0.5, 0.6) is 5.75 Å². The van der Waals surface area contributed by atoms with E-state index in [1.165, 1.54) is 10.6 Å². The van der Waals surface area contributed by atoms with Gasteiger partial charge in [0.2, 0.25) is 5.91 Å². The van der Waals surface area contributed by atoms with Crippen molar-refractivity contribution in [3.8, 4) is 5.75 Å². The van der Waals surface area contributed by atoms with E-state index in [-0.39, 0.29) is 24.4 Å². The highest BCUT2D eigenvalue weighted by atomic mass is 32.2. The summed E-state index contributed by atoms with van der Waals surface area (Å²) in [6.45, 7) is 4.03. The van der Waals surface area contributed by atoms with Crippen molar-refractivity contribution in [1.82, 2.24) is 20.2 Å². The molecule has 3 rings (SSSR count). The van der Waals surface area contributed by atoms with E-state index in [9.17, 15) is 14.4 Å². The lowest BCUT2D eigenvalue weighted by molar-refractivity contribution is -0.117. The van der Waals surface area contributed by atoms with Gasteiger partial charge in [0, 0.05) is 6.54 Å². The summed E-state index contributed by atoms with van der Waals surface area (Å²) in [5.74, 6) is 0.147. The highest BCUT2D eigenvalue weighted by Crippen LogP contribution is 2.20. The van der Waals surface area contributed by atoms with Gasteiger partial charge in [0.15, 0.2) is 5.16 Å². The first-order chi connectivity index (χ1) is 15.0. The predicted octanol–water partition coefficient (Wildman–Crippen LogP) is 2.56. The average Bonchev–Trinajstić information content (AvgIpc) is 2.79. The number of benzene rings is 2. The highest BCUT2D eigenvalue weighted by Gasteiger charge is 2.15. The van der Waals surface area contributed by atoms with Crippen LogP contribution >= 0.6 is 11.8 Å². The third kappa shape index (κ3) is 5.73. The van der Waals surface area contributed by atoms with E-state index in [4.69, 9.17) is 4.74 Å². The van der Waals surface area contributed by atoms with Gasteiger partial charge < -0.3 is 10.1 Å². The van der Waals surface area contributed by atoms with Crippen molar-refractivity contribution in [2.75, 3.05) is 19.4 Å². The van der Waals surface area contributed by atoms with Crippen LogP contribution in [-0.4, -0.2) is 40.9 Å². The average molecular weight is 439 g/mol. The zero-order valence-electron chi connectivity index (χ0n) is 17.0. The Morgan fingerprint density at radius 3 is 2.65 bits per heavy atom. The number of thioether (sulfide) groups is 1. The number of carbonyl (C=O) groups is 2. The number of hydrogen-bond acceptors (Lipinski definition) is 6. The summed E-state index contributed by atoms with van der Waals surface area (Å²) in [6.07, 6.45) is 1.51. The number of urea groups is 1. The molecule has 0 radical (unpaired) electrons. The van der Waals surface area contributed by atoms with E-state index in [1.807, 2.05) is 24.3 Å². The van der Waals surface area contributed by atoms with Crippen molar-refractivity contribution in [3.63, 3.8) is 0 Å². The van der Waals surface area contributed by atoms with Gasteiger partial charge in [0.1, 0.15) is 5.75 Å². The smallest absolute Gasteiger partial charge is 0.321 e. The fourth-order valence-electron chi connectivity index (χ4n) is 2.81. The van der Waals surface area contributed by atoms with Crippen molar-refractivity contribution >= 4 is 34.6 Å². The number of imide groups is 1. The maximum absolute atomic E-state index is 13.1. The molecular weight excluding hydrogens is 416 g/mol. The standard InChI is InChI=1S/C22H22N4O4S/c1-3-12-23-21(29)25-19(27)14-31-22-24-18-7-5-4-6-17(18)20(28)26(22)13-15-8-10-16(30-2)11-9-15/h3-11H,1,12-14H2,2H3,(H2,23,25,27,29). The van der Waals surface area contributed by atoms with Gasteiger partial charge in [-0.1, -0.05) is 42.1 Å². The molecule has 0 saturated carbocycles. The summed E-state index contributed by atoms with van der Waals surface area (Å²) in [5.41, 5.74) is 1.23. The van der Waals surface area contributed by atoms with Gasteiger partial charge in [-0.25, -0.2) is 9.78 Å². The molecule has 0 unspecified atom stereocenters. The Bertz CT molecular complexity index is 1160. The van der Waals surface area contributed by atoms with Crippen molar-refractivity contribution in [2.24, 2.45) is 0 Å². The number of carbonyl (C=O) groups excluding carboxylic acids is 2. The van der Waals surface area contributed by atoms with Crippen molar-refractivity contribution in [3.05, 3.63) is 77.1 Å². The minimum absolute atomic E-state index is 0.0745. The van der Waals surface area contributed by atoms with Gasteiger partial charge in [-0.05, 0) is 29.8 Å². The van der Waals surface area contributed by atoms with Crippen molar-refractivity contribution in [1.29, 1.82) is 0 Å². The van der Waals surface area contributed by atoms with Crippen molar-refractivity contribution < 1.29 is 14.3 Å². The normalized spacial score (nSPS) is 10.5. The first-order valence-corrected chi connectivity index (χ1v) is 10.4. The Balaban J connectivity index is 1.85. The molecule has 1 heterocycles. The zero-order chi connectivity index (χ0) is 22.2. The first kappa shape index (κ1) is 22.1. The molecule has 1 aromatic heterocycles. The molecule has 0 atom stereocenters. The second kappa shape index (κ2) is 10.4. The number of para-hydroxylation sites is 1. The molecule has 9 heteroatoms. The quantitative estimate of drug-likeness (QED) is 0.318. The SMILES string of the molecule is C=CCNC(=O)NC(=O)CSc1nc2ccccc2c(=O)n1Cc1ccc(OC)cc1.